The molecule has 11 atom stereocenters. The van der Waals surface area contributed by atoms with Crippen LogP contribution in [0.2, 0.25) is 0 Å². The number of carbonyl (C=O) groups excluding carboxylic acids is 11. The molecule has 0 radical (unpaired) electrons. The maximum atomic E-state index is 14.3. The summed E-state index contributed by atoms with van der Waals surface area (Å²) in [4.78, 5) is 148. The molecule has 0 rings (SSSR count). The van der Waals surface area contributed by atoms with Crippen LogP contribution in [0.4, 0.5) is 0 Å². The lowest BCUT2D eigenvalue weighted by molar-refractivity contribution is -0.138. The van der Waals surface area contributed by atoms with E-state index in [1.165, 1.54) is 6.92 Å². The Morgan fingerprint density at radius 2 is 0.718 bits per heavy atom. The van der Waals surface area contributed by atoms with Gasteiger partial charge in [-0.3, -0.25) is 52.7 Å². The summed E-state index contributed by atoms with van der Waals surface area (Å²) >= 11 is 0. The van der Waals surface area contributed by atoms with E-state index >= 15 is 0 Å². The van der Waals surface area contributed by atoms with E-state index in [9.17, 15) is 57.8 Å². The van der Waals surface area contributed by atoms with Crippen molar-refractivity contribution in [3.63, 3.8) is 0 Å². The molecule has 0 aromatic heterocycles. The predicted octanol–water partition coefficient (Wildman–Crippen LogP) is -2.46. The van der Waals surface area contributed by atoms with Gasteiger partial charge in [0, 0.05) is 0 Å². The maximum absolute atomic E-state index is 14.3. The lowest BCUT2D eigenvalue weighted by Crippen LogP contribution is -2.62. The molecule has 0 saturated carbocycles. The molecule has 448 valence electrons. The van der Waals surface area contributed by atoms with E-state index in [1.807, 2.05) is 41.5 Å². The third-order valence-corrected chi connectivity index (χ3v) is 12.6. The first-order valence-corrected chi connectivity index (χ1v) is 27.5. The van der Waals surface area contributed by atoms with Gasteiger partial charge in [-0.2, -0.15) is 0 Å². The second-order valence-corrected chi connectivity index (χ2v) is 21.9. The third kappa shape index (κ3) is 28.6. The number of carbonyl (C=O) groups is 11. The average molecular weight is 1110 g/mol. The van der Waals surface area contributed by atoms with Crippen LogP contribution in [0.1, 0.15) is 153 Å². The summed E-state index contributed by atoms with van der Waals surface area (Å²) in [6.45, 7) is 19.3. The number of nitrogens with one attached hydrogen (secondary N) is 9. The molecule has 11 amide bonds. The number of aliphatic hydroxyl groups is 1. The molecule has 0 aliphatic heterocycles. The van der Waals surface area contributed by atoms with Crippen LogP contribution in [-0.2, 0) is 52.7 Å². The molecule has 26 nitrogen and oxygen atoms in total. The zero-order valence-corrected chi connectivity index (χ0v) is 48.1. The van der Waals surface area contributed by atoms with E-state index in [0.717, 1.165) is 0 Å². The van der Waals surface area contributed by atoms with Gasteiger partial charge < -0.3 is 81.6 Å². The fourth-order valence-electron chi connectivity index (χ4n) is 8.24. The largest absolute Gasteiger partial charge is 0.391 e. The fraction of sp³-hybridized carbons (Fsp3) is 0.788. The van der Waals surface area contributed by atoms with Gasteiger partial charge in [0.2, 0.25) is 65.0 Å². The van der Waals surface area contributed by atoms with Crippen molar-refractivity contribution in [2.24, 2.45) is 58.3 Å². The highest BCUT2D eigenvalue weighted by atomic mass is 16.3. The minimum Gasteiger partial charge on any atom is -0.391 e. The SMILES string of the molecule is CC[C@H](C)[C@H](NC(=O)[C@H](CC(N)=O)NC(=O)[C@H](CCCCN)NC(=O)[C@H](CC(C)C)NC(=O)[C@H](CC(C)C)NC(=O)CN)C(=O)N[C@@H](CCCCN)C(=O)N[C@H](C(=O)N[C@@H](CC(C)C)C(=O)N[C@@H](CC(C)C)C(N)=O)[C@@H](C)O. The standard InChI is InChI=1S/C52H98N14O12/c1-12-31(10)42(51(77)60-34(18-14-16-20-54)46(72)66-43(32(11)67)52(78)64-38(24-30(8)9)49(75)61-35(44(57)70)21-27(2)3)65-50(76)39(25-40(56)68)63-45(71)33(17-13-15-19-53)59-48(74)37(23-29(6)7)62-47(73)36(22-28(4)5)58-41(69)26-55/h27-39,42-43,67H,12-26,53-55H2,1-11H3,(H2,56,68)(H2,57,70)(H,58,69)(H,59,74)(H,60,77)(H,61,75)(H,62,73)(H,63,71)(H,64,78)(H,65,76)(H,66,72)/t31-,32+,33-,34-,35-,36-,37-,38-,39-,42-,43-/m0/s1. The molecule has 0 fully saturated rings. The van der Waals surface area contributed by atoms with Crippen molar-refractivity contribution in [1.82, 2.24) is 47.9 Å². The molecule has 0 unspecified atom stereocenters. The van der Waals surface area contributed by atoms with Gasteiger partial charge in [0.15, 0.2) is 0 Å². The van der Waals surface area contributed by atoms with Crippen molar-refractivity contribution in [1.29, 1.82) is 0 Å². The molecule has 0 spiro atoms. The molecule has 26 heteroatoms. The first-order valence-electron chi connectivity index (χ1n) is 27.5. The number of unbranched alkanes of at least 4 members (excludes halogenated alkanes) is 2. The van der Waals surface area contributed by atoms with Crippen LogP contribution in [0.15, 0.2) is 0 Å². The molecule has 0 heterocycles. The van der Waals surface area contributed by atoms with Crippen molar-refractivity contribution in [3.05, 3.63) is 0 Å². The predicted molar refractivity (Wildman–Crippen MR) is 294 cm³/mol. The van der Waals surface area contributed by atoms with E-state index in [0.29, 0.717) is 32.1 Å². The van der Waals surface area contributed by atoms with Crippen LogP contribution < -0.4 is 76.5 Å². The summed E-state index contributed by atoms with van der Waals surface area (Å²) in [5.74, 6) is -10.0. The van der Waals surface area contributed by atoms with Gasteiger partial charge in [-0.05, 0) is 114 Å². The van der Waals surface area contributed by atoms with Crippen LogP contribution >= 0.6 is 0 Å². The third-order valence-electron chi connectivity index (χ3n) is 12.6. The number of rotatable bonds is 40. The Morgan fingerprint density at radius 3 is 1.10 bits per heavy atom. The molecule has 0 aromatic carbocycles. The van der Waals surface area contributed by atoms with Gasteiger partial charge in [-0.1, -0.05) is 75.7 Å². The number of nitrogens with two attached hydrogens (primary N) is 5. The van der Waals surface area contributed by atoms with Gasteiger partial charge >= 0.3 is 0 Å². The first-order chi connectivity index (χ1) is 36.4. The van der Waals surface area contributed by atoms with E-state index < -0.39 is 138 Å². The zero-order valence-electron chi connectivity index (χ0n) is 48.1. The van der Waals surface area contributed by atoms with Crippen molar-refractivity contribution >= 4 is 65.0 Å². The van der Waals surface area contributed by atoms with Crippen LogP contribution in [0, 0.1) is 29.6 Å². The number of aliphatic hydroxyl groups excluding tert-OH is 1. The van der Waals surface area contributed by atoms with E-state index in [-0.39, 0.29) is 81.8 Å². The Balaban J connectivity index is 6.83. The molecule has 78 heavy (non-hydrogen) atoms. The fourth-order valence-corrected chi connectivity index (χ4v) is 8.24. The van der Waals surface area contributed by atoms with E-state index in [1.54, 1.807) is 27.7 Å². The van der Waals surface area contributed by atoms with Crippen molar-refractivity contribution < 1.29 is 57.8 Å². The Labute approximate surface area is 461 Å². The van der Waals surface area contributed by atoms with E-state index in [2.05, 4.69) is 47.9 Å². The number of primary amides is 2. The van der Waals surface area contributed by atoms with Crippen molar-refractivity contribution in [2.45, 2.75) is 214 Å². The van der Waals surface area contributed by atoms with Gasteiger partial charge in [-0.25, -0.2) is 0 Å². The van der Waals surface area contributed by atoms with Crippen molar-refractivity contribution in [3.8, 4) is 0 Å². The number of hydrogen-bond donors (Lipinski definition) is 15. The summed E-state index contributed by atoms with van der Waals surface area (Å²) in [5.41, 5.74) is 28.1. The first kappa shape index (κ1) is 72.0. The average Bonchev–Trinajstić information content (AvgIpc) is 3.33. The molecule has 0 aliphatic rings. The second-order valence-electron chi connectivity index (χ2n) is 21.9. The molecule has 0 aliphatic carbocycles. The van der Waals surface area contributed by atoms with Gasteiger partial charge in [0.1, 0.15) is 54.4 Å². The smallest absolute Gasteiger partial charge is 0.245 e. The molecular formula is C52H98N14O12. The highest BCUT2D eigenvalue weighted by molar-refractivity contribution is 5.99. The van der Waals surface area contributed by atoms with E-state index in [4.69, 9.17) is 28.7 Å². The highest BCUT2D eigenvalue weighted by Crippen LogP contribution is 2.15. The summed E-state index contributed by atoms with van der Waals surface area (Å²) < 4.78 is 0. The van der Waals surface area contributed by atoms with Gasteiger partial charge in [0.25, 0.3) is 0 Å². The monoisotopic (exact) mass is 1110 g/mol. The van der Waals surface area contributed by atoms with Crippen LogP contribution in [-0.4, -0.2) is 150 Å². The molecule has 0 aromatic rings. The Bertz CT molecular complexity index is 1950. The zero-order chi connectivity index (χ0) is 60.0. The lowest BCUT2D eigenvalue weighted by Gasteiger charge is -2.30. The Kier molecular flexibility index (Phi) is 34.9. The van der Waals surface area contributed by atoms with Gasteiger partial charge in [0.05, 0.1) is 19.1 Å². The number of amides is 11. The van der Waals surface area contributed by atoms with Crippen LogP contribution in [0.3, 0.4) is 0 Å². The summed E-state index contributed by atoms with van der Waals surface area (Å²) in [7, 11) is 0. The minimum absolute atomic E-state index is 0.0108. The topological polar surface area (TPSA) is 446 Å². The lowest BCUT2D eigenvalue weighted by atomic mass is 9.96. The summed E-state index contributed by atoms with van der Waals surface area (Å²) in [6, 6.07) is -11.9. The Morgan fingerprint density at radius 1 is 0.397 bits per heavy atom. The Hall–Kier alpha value is -5.99. The maximum Gasteiger partial charge on any atom is 0.245 e. The molecule has 20 N–H and O–H groups in total. The van der Waals surface area contributed by atoms with Crippen LogP contribution in [0.25, 0.3) is 0 Å². The highest BCUT2D eigenvalue weighted by Gasteiger charge is 2.38. The number of hydrogen-bond acceptors (Lipinski definition) is 15. The summed E-state index contributed by atoms with van der Waals surface area (Å²) in [6.07, 6.45) is 0.227. The van der Waals surface area contributed by atoms with Gasteiger partial charge in [-0.15, -0.1) is 0 Å². The molecular weight excluding hydrogens is 1010 g/mol. The normalized spacial score (nSPS) is 15.7. The van der Waals surface area contributed by atoms with Crippen LogP contribution in [0.5, 0.6) is 0 Å². The molecule has 0 bridgehead atoms. The minimum atomic E-state index is -1.69. The van der Waals surface area contributed by atoms with Crippen molar-refractivity contribution in [2.75, 3.05) is 19.6 Å². The quantitative estimate of drug-likeness (QED) is 0.0283. The second kappa shape index (κ2) is 37.8. The summed E-state index contributed by atoms with van der Waals surface area (Å²) in [5, 5.41) is 34.2. The molecule has 0 saturated heterocycles.